The van der Waals surface area contributed by atoms with Gasteiger partial charge in [0.05, 0.1) is 6.54 Å². The molecule has 0 bridgehead atoms. The van der Waals surface area contributed by atoms with Gasteiger partial charge in [-0.1, -0.05) is 30.3 Å². The fourth-order valence-corrected chi connectivity index (χ4v) is 2.70. The van der Waals surface area contributed by atoms with E-state index in [1.54, 1.807) is 12.3 Å². The van der Waals surface area contributed by atoms with Crippen LogP contribution in [0, 0.1) is 0 Å². The van der Waals surface area contributed by atoms with Gasteiger partial charge in [-0.05, 0) is 39.7 Å². The number of halogens is 1. The van der Waals surface area contributed by atoms with Crippen molar-refractivity contribution in [2.75, 3.05) is 5.32 Å². The third kappa shape index (κ3) is 3.95. The monoisotopic (exact) mass is 399 g/mol. The third-order valence-corrected chi connectivity index (χ3v) is 4.03. The van der Waals surface area contributed by atoms with Crippen molar-refractivity contribution in [1.82, 2.24) is 9.55 Å². The highest BCUT2D eigenvalue weighted by Crippen LogP contribution is 2.11. The molecule has 0 saturated heterocycles. The van der Waals surface area contributed by atoms with Gasteiger partial charge in [-0.2, -0.15) is 0 Å². The van der Waals surface area contributed by atoms with E-state index in [9.17, 15) is 14.4 Å². The molecule has 0 spiro atoms. The normalized spacial score (nSPS) is 10.4. The Labute approximate surface area is 151 Å². The van der Waals surface area contributed by atoms with Crippen LogP contribution in [0.25, 0.3) is 0 Å². The second-order valence-electron chi connectivity index (χ2n) is 5.36. The number of aromatic amines is 1. The fourth-order valence-electron chi connectivity index (χ4n) is 2.35. The molecule has 0 unspecified atom stereocenters. The first-order valence-electron chi connectivity index (χ1n) is 7.47. The van der Waals surface area contributed by atoms with E-state index in [2.05, 4.69) is 26.2 Å². The molecule has 2 aromatic heterocycles. The Morgan fingerprint density at radius 2 is 1.88 bits per heavy atom. The molecule has 0 atom stereocenters. The lowest BCUT2D eigenvalue weighted by molar-refractivity contribution is 0.102. The second kappa shape index (κ2) is 7.31. The van der Waals surface area contributed by atoms with Crippen molar-refractivity contribution in [2.45, 2.75) is 6.54 Å². The highest BCUT2D eigenvalue weighted by molar-refractivity contribution is 9.10. The number of rotatable bonds is 4. The average molecular weight is 400 g/mol. The second-order valence-corrected chi connectivity index (χ2v) is 6.27. The Kier molecular flexibility index (Phi) is 4.95. The predicted molar refractivity (Wildman–Crippen MR) is 99.0 cm³/mol. The fraction of sp³-hybridized carbons (Fsp3) is 0.0556. The summed E-state index contributed by atoms with van der Waals surface area (Å²) in [6, 6.07) is 14.0. The predicted octanol–water partition coefficient (Wildman–Crippen LogP) is 2.60. The first-order valence-corrected chi connectivity index (χ1v) is 8.27. The van der Waals surface area contributed by atoms with Gasteiger partial charge < -0.3 is 14.9 Å². The van der Waals surface area contributed by atoms with Crippen molar-refractivity contribution in [3.05, 3.63) is 97.2 Å². The smallest absolute Gasteiger partial charge is 0.271 e. The number of nitrogens with zero attached hydrogens (tertiary/aromatic N) is 1. The van der Waals surface area contributed by atoms with Crippen LogP contribution >= 0.6 is 15.9 Å². The van der Waals surface area contributed by atoms with Gasteiger partial charge in [-0.3, -0.25) is 14.4 Å². The number of pyridine rings is 2. The summed E-state index contributed by atoms with van der Waals surface area (Å²) in [4.78, 5) is 39.2. The summed E-state index contributed by atoms with van der Waals surface area (Å²) in [6.07, 6.45) is 3.09. The van der Waals surface area contributed by atoms with Crippen molar-refractivity contribution in [3.8, 4) is 0 Å². The summed E-state index contributed by atoms with van der Waals surface area (Å²) >= 11 is 3.22. The molecule has 2 heterocycles. The minimum atomic E-state index is -0.629. The highest BCUT2D eigenvalue weighted by Gasteiger charge is 2.14. The summed E-state index contributed by atoms with van der Waals surface area (Å²) in [5.41, 5.74) is 0.119. The Balaban J connectivity index is 1.88. The number of H-pyrrole nitrogens is 1. The van der Waals surface area contributed by atoms with Crippen LogP contribution in [0.5, 0.6) is 0 Å². The van der Waals surface area contributed by atoms with Crippen LogP contribution in [0.2, 0.25) is 0 Å². The summed E-state index contributed by atoms with van der Waals surface area (Å²) in [5.74, 6) is -0.629. The SMILES string of the molecule is O=C(Nc1cc(Br)c[nH]c1=O)c1cccn(Cc2ccccc2)c1=O. The van der Waals surface area contributed by atoms with Crippen molar-refractivity contribution in [2.24, 2.45) is 0 Å². The molecule has 0 fully saturated rings. The number of benzene rings is 1. The molecule has 1 aromatic carbocycles. The Morgan fingerprint density at radius 1 is 1.12 bits per heavy atom. The van der Waals surface area contributed by atoms with Crippen LogP contribution < -0.4 is 16.4 Å². The zero-order valence-electron chi connectivity index (χ0n) is 13.0. The van der Waals surface area contributed by atoms with Gasteiger partial charge in [0.25, 0.3) is 17.0 Å². The van der Waals surface area contributed by atoms with E-state index in [0.29, 0.717) is 11.0 Å². The summed E-state index contributed by atoms with van der Waals surface area (Å²) in [5, 5.41) is 2.47. The maximum absolute atomic E-state index is 12.6. The molecular formula is C18H14BrN3O3. The highest BCUT2D eigenvalue weighted by atomic mass is 79.9. The van der Waals surface area contributed by atoms with E-state index in [1.807, 2.05) is 30.3 Å². The van der Waals surface area contributed by atoms with Crippen LogP contribution in [-0.2, 0) is 6.54 Å². The van der Waals surface area contributed by atoms with E-state index in [0.717, 1.165) is 5.56 Å². The molecular weight excluding hydrogens is 386 g/mol. The summed E-state index contributed by atoms with van der Waals surface area (Å²) in [7, 11) is 0. The number of aromatic nitrogens is 2. The molecule has 0 radical (unpaired) electrons. The lowest BCUT2D eigenvalue weighted by Crippen LogP contribution is -2.30. The van der Waals surface area contributed by atoms with Gasteiger partial charge in [-0.15, -0.1) is 0 Å². The van der Waals surface area contributed by atoms with E-state index < -0.39 is 17.0 Å². The maximum Gasteiger partial charge on any atom is 0.271 e. The van der Waals surface area contributed by atoms with Gasteiger partial charge in [0, 0.05) is 16.9 Å². The maximum atomic E-state index is 12.6. The number of carbonyl (C=O) groups excluding carboxylic acids is 1. The lowest BCUT2D eigenvalue weighted by Gasteiger charge is -2.09. The van der Waals surface area contributed by atoms with E-state index in [4.69, 9.17) is 0 Å². The standard InChI is InChI=1S/C18H14BrN3O3/c19-13-9-15(17(24)20-10-13)21-16(23)14-7-4-8-22(18(14)25)11-12-5-2-1-3-6-12/h1-10H,11H2,(H,20,24)(H,21,23). The van der Waals surface area contributed by atoms with Crippen molar-refractivity contribution in [3.63, 3.8) is 0 Å². The number of amides is 1. The van der Waals surface area contributed by atoms with Gasteiger partial charge in [0.15, 0.2) is 0 Å². The molecule has 0 aliphatic heterocycles. The van der Waals surface area contributed by atoms with Crippen molar-refractivity contribution in [1.29, 1.82) is 0 Å². The number of nitrogens with one attached hydrogen (secondary N) is 2. The minimum absolute atomic E-state index is 0.0298. The van der Waals surface area contributed by atoms with Gasteiger partial charge >= 0.3 is 0 Å². The quantitative estimate of drug-likeness (QED) is 0.706. The molecule has 6 nitrogen and oxygen atoms in total. The molecule has 25 heavy (non-hydrogen) atoms. The molecule has 0 aliphatic carbocycles. The Hall–Kier alpha value is -2.93. The van der Waals surface area contributed by atoms with Crippen LogP contribution in [0.3, 0.4) is 0 Å². The number of carbonyl (C=O) groups is 1. The zero-order valence-corrected chi connectivity index (χ0v) is 14.6. The summed E-state index contributed by atoms with van der Waals surface area (Å²) in [6.45, 7) is 0.359. The van der Waals surface area contributed by atoms with Gasteiger partial charge in [0.1, 0.15) is 11.3 Å². The lowest BCUT2D eigenvalue weighted by atomic mass is 10.2. The zero-order chi connectivity index (χ0) is 17.8. The number of hydrogen-bond acceptors (Lipinski definition) is 3. The molecule has 126 valence electrons. The third-order valence-electron chi connectivity index (χ3n) is 3.58. The van der Waals surface area contributed by atoms with Crippen LogP contribution in [0.15, 0.2) is 75.0 Å². The van der Waals surface area contributed by atoms with Crippen LogP contribution in [0.1, 0.15) is 15.9 Å². The van der Waals surface area contributed by atoms with Crippen molar-refractivity contribution >= 4 is 27.5 Å². The summed E-state index contributed by atoms with van der Waals surface area (Å²) < 4.78 is 2.06. The largest absolute Gasteiger partial charge is 0.326 e. The first-order chi connectivity index (χ1) is 12.0. The number of hydrogen-bond donors (Lipinski definition) is 2. The molecule has 0 aliphatic rings. The Morgan fingerprint density at radius 3 is 2.64 bits per heavy atom. The molecule has 7 heteroatoms. The Bertz CT molecular complexity index is 1030. The van der Waals surface area contributed by atoms with E-state index in [-0.39, 0.29) is 11.3 Å². The van der Waals surface area contributed by atoms with Gasteiger partial charge in [-0.25, -0.2) is 0 Å². The molecule has 1 amide bonds. The molecule has 3 rings (SSSR count). The van der Waals surface area contributed by atoms with Gasteiger partial charge in [0.2, 0.25) is 0 Å². The average Bonchev–Trinajstić information content (AvgIpc) is 2.61. The van der Waals surface area contributed by atoms with E-state index >= 15 is 0 Å². The van der Waals surface area contributed by atoms with E-state index in [1.165, 1.54) is 22.9 Å². The first kappa shape index (κ1) is 16.9. The van der Waals surface area contributed by atoms with Crippen LogP contribution in [-0.4, -0.2) is 15.5 Å². The molecule has 3 aromatic rings. The van der Waals surface area contributed by atoms with Crippen molar-refractivity contribution < 1.29 is 4.79 Å². The van der Waals surface area contributed by atoms with Crippen LogP contribution in [0.4, 0.5) is 5.69 Å². The minimum Gasteiger partial charge on any atom is -0.326 e. The molecule has 2 N–H and O–H groups in total. The topological polar surface area (TPSA) is 84.0 Å². The number of anilines is 1. The molecule has 0 saturated carbocycles.